The highest BCUT2D eigenvalue weighted by Crippen LogP contribution is 2.33. The van der Waals surface area contributed by atoms with Crippen molar-refractivity contribution >= 4 is 34.9 Å². The summed E-state index contributed by atoms with van der Waals surface area (Å²) in [5.74, 6) is 1.76. The summed E-state index contributed by atoms with van der Waals surface area (Å²) in [7, 11) is 5.13. The highest BCUT2D eigenvalue weighted by molar-refractivity contribution is 8.32. The summed E-state index contributed by atoms with van der Waals surface area (Å²) in [6.07, 6.45) is 12.0. The Hall–Kier alpha value is -0.975. The van der Waals surface area contributed by atoms with Gasteiger partial charge in [0.15, 0.2) is 5.82 Å². The lowest BCUT2D eigenvalue weighted by Gasteiger charge is -2.24. The Morgan fingerprint density at radius 1 is 1.33 bits per heavy atom. The summed E-state index contributed by atoms with van der Waals surface area (Å²) >= 11 is 6.18. The molecule has 0 fully saturated rings. The van der Waals surface area contributed by atoms with Crippen LogP contribution in [0.2, 0.25) is 5.02 Å². The minimum Gasteiger partial charge on any atom is -0.360 e. The van der Waals surface area contributed by atoms with Crippen molar-refractivity contribution in [1.82, 2.24) is 14.5 Å². The molecule has 4 nitrogen and oxygen atoms in total. The minimum atomic E-state index is -0.536. The molecule has 0 aromatic carbocycles. The molecule has 2 heterocycles. The fraction of sp³-hybridized carbons (Fsp3) is 0.429. The predicted octanol–water partition coefficient (Wildman–Crippen LogP) is 2.06. The van der Waals surface area contributed by atoms with E-state index in [1.165, 1.54) is 0 Å². The van der Waals surface area contributed by atoms with Gasteiger partial charge in [0.1, 0.15) is 20.3 Å². The van der Waals surface area contributed by atoms with E-state index in [1.54, 1.807) is 18.5 Å². The number of hydrogen-bond donors (Lipinski definition) is 0. The second-order valence-corrected chi connectivity index (χ2v) is 10.6. The molecule has 0 saturated heterocycles. The third kappa shape index (κ3) is 4.76. The Kier molecular flexibility index (Phi) is 5.35. The molecule has 0 spiro atoms. The van der Waals surface area contributed by atoms with Crippen LogP contribution in [-0.2, 0) is 11.5 Å². The molecule has 2 rings (SSSR count). The number of imidazole rings is 1. The van der Waals surface area contributed by atoms with E-state index in [0.717, 1.165) is 12.4 Å². The largest absolute Gasteiger partial charge is 0.360 e. The number of hydrogen-bond acceptors (Lipinski definition) is 3. The molecule has 0 aliphatic rings. The Labute approximate surface area is 133 Å². The quantitative estimate of drug-likeness (QED) is 0.603. The molecule has 0 atom stereocenters. The molecular weight excluding hydrogens is 305 g/mol. The summed E-state index contributed by atoms with van der Waals surface area (Å²) in [4.78, 5) is 8.56. The Morgan fingerprint density at radius 3 is 2.76 bits per heavy atom. The van der Waals surface area contributed by atoms with Crippen molar-refractivity contribution in [2.24, 2.45) is 0 Å². The Morgan fingerprint density at radius 2 is 2.10 bits per heavy atom. The van der Waals surface area contributed by atoms with Crippen molar-refractivity contribution in [2.45, 2.75) is 6.73 Å². The Bertz CT molecular complexity index is 613. The van der Waals surface area contributed by atoms with E-state index in [2.05, 4.69) is 28.7 Å². The average Bonchev–Trinajstić information content (AvgIpc) is 2.82. The Balaban J connectivity index is 2.05. The zero-order valence-corrected chi connectivity index (χ0v) is 14.1. The first-order valence-corrected chi connectivity index (χ1v) is 9.93. The molecule has 0 N–H and O–H groups in total. The van der Waals surface area contributed by atoms with E-state index in [4.69, 9.17) is 24.2 Å². The maximum atomic E-state index is 6.18. The van der Waals surface area contributed by atoms with E-state index < -0.39 is 10.0 Å². The van der Waals surface area contributed by atoms with Gasteiger partial charge in [-0.05, 0) is 24.8 Å². The molecule has 2 aromatic heterocycles. The van der Waals surface area contributed by atoms with Crippen LogP contribution in [0.1, 0.15) is 0 Å². The van der Waals surface area contributed by atoms with Gasteiger partial charge in [0.25, 0.3) is 0 Å². The van der Waals surface area contributed by atoms with Crippen LogP contribution in [0.4, 0.5) is 0 Å². The smallest absolute Gasteiger partial charge is 0.162 e. The minimum absolute atomic E-state index is 0.438. The lowest BCUT2D eigenvalue weighted by Crippen LogP contribution is -2.11. The van der Waals surface area contributed by atoms with E-state index >= 15 is 0 Å². The van der Waals surface area contributed by atoms with E-state index in [1.807, 2.05) is 10.8 Å². The second-order valence-electron chi connectivity index (χ2n) is 5.65. The zero-order valence-electron chi connectivity index (χ0n) is 12.5. The summed E-state index contributed by atoms with van der Waals surface area (Å²) in [5, 5.41) is 0.488. The van der Waals surface area contributed by atoms with Crippen LogP contribution in [0.5, 0.6) is 0 Å². The zero-order chi connectivity index (χ0) is 15.5. The maximum Gasteiger partial charge on any atom is 0.162 e. The van der Waals surface area contributed by atoms with Gasteiger partial charge in [-0.1, -0.05) is 17.1 Å². The van der Waals surface area contributed by atoms with Gasteiger partial charge in [0.2, 0.25) is 0 Å². The lowest BCUT2D eigenvalue weighted by atomic mass is 9.99. The van der Waals surface area contributed by atoms with Crippen LogP contribution in [0.15, 0.2) is 24.7 Å². The third-order valence-electron chi connectivity index (χ3n) is 2.86. The van der Waals surface area contributed by atoms with Crippen molar-refractivity contribution in [3.63, 3.8) is 0 Å². The van der Waals surface area contributed by atoms with E-state index in [-0.39, 0.29) is 0 Å². The molecule has 7 heteroatoms. The first-order valence-electron chi connectivity index (χ1n) is 6.53. The first kappa shape index (κ1) is 16.4. The van der Waals surface area contributed by atoms with Gasteiger partial charge in [-0.25, -0.2) is 15.0 Å². The fourth-order valence-corrected chi connectivity index (χ4v) is 2.60. The standard InChI is InChI=1S/C14H19BClN3OS/c1-21(2,3)7-6-20-10-19-5-4-17-14(19)13-12(16)8-11(15)9-18-13/h4-5,8-9H,6-7,10H2,1-3H3. The molecule has 2 radical (unpaired) electrons. The molecule has 21 heavy (non-hydrogen) atoms. The van der Waals surface area contributed by atoms with Gasteiger partial charge in [0, 0.05) is 24.3 Å². The van der Waals surface area contributed by atoms with Gasteiger partial charge in [-0.2, -0.15) is 0 Å². The van der Waals surface area contributed by atoms with Crippen molar-refractivity contribution in [1.29, 1.82) is 0 Å². The highest BCUT2D eigenvalue weighted by Gasteiger charge is 2.12. The molecule has 2 aromatic rings. The SMILES string of the molecule is [B]c1cnc(-c2nccn2COCCS(C)(C)C)c(Cl)c1. The average molecular weight is 324 g/mol. The van der Waals surface area contributed by atoms with Crippen LogP contribution < -0.4 is 5.46 Å². The van der Waals surface area contributed by atoms with E-state index in [9.17, 15) is 0 Å². The number of ether oxygens (including phenoxy) is 1. The first-order chi connectivity index (χ1) is 9.87. The number of nitrogens with zero attached hydrogens (tertiary/aromatic N) is 3. The lowest BCUT2D eigenvalue weighted by molar-refractivity contribution is 0.0907. The molecular formula is C14H19BClN3OS. The van der Waals surface area contributed by atoms with Crippen molar-refractivity contribution in [2.75, 3.05) is 31.1 Å². The van der Waals surface area contributed by atoms with Crippen molar-refractivity contribution in [3.05, 3.63) is 29.7 Å². The molecule has 0 aliphatic carbocycles. The van der Waals surface area contributed by atoms with Crippen molar-refractivity contribution in [3.8, 4) is 11.5 Å². The van der Waals surface area contributed by atoms with Gasteiger partial charge in [-0.15, -0.1) is 0 Å². The van der Waals surface area contributed by atoms with Crippen LogP contribution in [0.3, 0.4) is 0 Å². The van der Waals surface area contributed by atoms with E-state index in [0.29, 0.717) is 28.7 Å². The fourth-order valence-electron chi connectivity index (χ4n) is 1.72. The molecule has 0 unspecified atom stereocenters. The van der Waals surface area contributed by atoms with Crippen molar-refractivity contribution < 1.29 is 4.74 Å². The van der Waals surface area contributed by atoms with Crippen LogP contribution in [-0.4, -0.2) is 53.5 Å². The molecule has 0 amide bonds. The topological polar surface area (TPSA) is 39.9 Å². The van der Waals surface area contributed by atoms with Crippen LogP contribution in [0, 0.1) is 0 Å². The molecule has 112 valence electrons. The molecule has 0 saturated carbocycles. The van der Waals surface area contributed by atoms with Crippen LogP contribution in [0.25, 0.3) is 11.5 Å². The molecule has 0 bridgehead atoms. The summed E-state index contributed by atoms with van der Waals surface area (Å²) in [6.45, 7) is 1.17. The second kappa shape index (κ2) is 6.86. The number of aromatic nitrogens is 3. The number of rotatable bonds is 6. The van der Waals surface area contributed by atoms with Gasteiger partial charge in [-0.3, -0.25) is 4.98 Å². The molecule has 0 aliphatic heterocycles. The summed E-state index contributed by atoms with van der Waals surface area (Å²) in [5.41, 5.74) is 1.15. The predicted molar refractivity (Wildman–Crippen MR) is 92.0 cm³/mol. The number of halogens is 1. The van der Waals surface area contributed by atoms with Gasteiger partial charge >= 0.3 is 0 Å². The highest BCUT2D eigenvalue weighted by atomic mass is 35.5. The number of pyridine rings is 1. The summed E-state index contributed by atoms with van der Waals surface area (Å²) < 4.78 is 7.62. The third-order valence-corrected chi connectivity index (χ3v) is 4.54. The van der Waals surface area contributed by atoms with Gasteiger partial charge < -0.3 is 9.30 Å². The normalized spacial score (nSPS) is 12.6. The van der Waals surface area contributed by atoms with Crippen LogP contribution >= 0.6 is 21.6 Å². The monoisotopic (exact) mass is 323 g/mol. The van der Waals surface area contributed by atoms with Gasteiger partial charge in [0.05, 0.1) is 11.6 Å². The summed E-state index contributed by atoms with van der Waals surface area (Å²) in [6, 6.07) is 1.67. The maximum absolute atomic E-state index is 6.18.